The van der Waals surface area contributed by atoms with Crippen molar-refractivity contribution in [2.24, 2.45) is 0 Å². The van der Waals surface area contributed by atoms with Gasteiger partial charge in [0.25, 0.3) is 10.0 Å². The highest BCUT2D eigenvalue weighted by Crippen LogP contribution is 2.27. The molecule has 2 atom stereocenters. The summed E-state index contributed by atoms with van der Waals surface area (Å²) in [5.41, 5.74) is 2.17. The molecule has 8 nitrogen and oxygen atoms in total. The van der Waals surface area contributed by atoms with Gasteiger partial charge in [0.1, 0.15) is 0 Å². The molecule has 0 aliphatic carbocycles. The molecular formula is C26H29N3O5S. The van der Waals surface area contributed by atoms with Crippen LogP contribution < -0.4 is 14.9 Å². The molecule has 4 rings (SSSR count). The van der Waals surface area contributed by atoms with Crippen molar-refractivity contribution in [2.75, 3.05) is 18.0 Å². The van der Waals surface area contributed by atoms with Crippen molar-refractivity contribution >= 4 is 38.4 Å². The molecule has 1 aliphatic rings. The van der Waals surface area contributed by atoms with Crippen molar-refractivity contribution in [2.45, 2.75) is 43.2 Å². The molecule has 3 aromatic carbocycles. The van der Waals surface area contributed by atoms with Gasteiger partial charge in [-0.1, -0.05) is 42.5 Å². The molecule has 0 aromatic heterocycles. The fraction of sp³-hybridized carbons (Fsp3) is 0.308. The van der Waals surface area contributed by atoms with Crippen molar-refractivity contribution in [3.63, 3.8) is 0 Å². The molecule has 9 heteroatoms. The summed E-state index contributed by atoms with van der Waals surface area (Å²) in [6.45, 7) is 3.82. The maximum atomic E-state index is 12.4. The summed E-state index contributed by atoms with van der Waals surface area (Å²) >= 11 is 0. The van der Waals surface area contributed by atoms with Gasteiger partial charge in [-0.2, -0.15) is 0 Å². The molecular weight excluding hydrogens is 466 g/mol. The van der Waals surface area contributed by atoms with E-state index in [4.69, 9.17) is 5.11 Å². The normalized spacial score (nSPS) is 16.8. The monoisotopic (exact) mass is 495 g/mol. The van der Waals surface area contributed by atoms with E-state index in [2.05, 4.69) is 53.5 Å². The second kappa shape index (κ2) is 10.5. The molecule has 0 bridgehead atoms. The first kappa shape index (κ1) is 24.7. The van der Waals surface area contributed by atoms with Gasteiger partial charge in [-0.15, -0.1) is 0 Å². The number of nitrogens with zero attached hydrogens (tertiary/aromatic N) is 1. The van der Waals surface area contributed by atoms with Gasteiger partial charge >= 0.3 is 5.97 Å². The Morgan fingerprint density at radius 1 is 1.03 bits per heavy atom. The highest BCUT2D eigenvalue weighted by atomic mass is 32.2. The summed E-state index contributed by atoms with van der Waals surface area (Å²) in [6, 6.07) is 21.6. The smallest absolute Gasteiger partial charge is 0.303 e. The van der Waals surface area contributed by atoms with Gasteiger partial charge in [-0.25, -0.2) is 13.1 Å². The maximum Gasteiger partial charge on any atom is 0.303 e. The summed E-state index contributed by atoms with van der Waals surface area (Å²) < 4.78 is 26.8. The minimum Gasteiger partial charge on any atom is -0.481 e. The number of aliphatic carboxylic acids is 1. The Morgan fingerprint density at radius 2 is 1.74 bits per heavy atom. The average molecular weight is 496 g/mol. The number of nitrogens with one attached hydrogen (secondary N) is 2. The summed E-state index contributed by atoms with van der Waals surface area (Å²) in [6.07, 6.45) is 0.143. The number of hydrogen-bond acceptors (Lipinski definition) is 6. The summed E-state index contributed by atoms with van der Waals surface area (Å²) in [5.74, 6) is -2.00. The lowest BCUT2D eigenvalue weighted by Gasteiger charge is -2.23. The Labute approximate surface area is 205 Å². The predicted molar refractivity (Wildman–Crippen MR) is 135 cm³/mol. The number of sulfonamides is 1. The van der Waals surface area contributed by atoms with E-state index in [1.165, 1.54) is 28.5 Å². The zero-order valence-corrected chi connectivity index (χ0v) is 20.3. The van der Waals surface area contributed by atoms with E-state index in [0.29, 0.717) is 6.04 Å². The third-order valence-corrected chi connectivity index (χ3v) is 7.68. The second-order valence-electron chi connectivity index (χ2n) is 8.80. The molecule has 3 aromatic rings. The van der Waals surface area contributed by atoms with Gasteiger partial charge < -0.3 is 15.3 Å². The van der Waals surface area contributed by atoms with Crippen LogP contribution in [0.3, 0.4) is 0 Å². The van der Waals surface area contributed by atoms with Gasteiger partial charge in [-0.05, 0) is 53.9 Å². The average Bonchev–Trinajstić information content (AvgIpc) is 3.30. The molecule has 1 heterocycles. The summed E-state index contributed by atoms with van der Waals surface area (Å²) in [5, 5.41) is 14.8. The third-order valence-electron chi connectivity index (χ3n) is 6.29. The number of benzene rings is 3. The zero-order valence-electron chi connectivity index (χ0n) is 19.5. The molecule has 35 heavy (non-hydrogen) atoms. The SMILES string of the molecule is C[C@@H](N[C@H]1CCN(c2ccc(S(=O)(=O)NC(=O)CCC(=O)O)cc2)C1)c1cccc2ccccc12. The van der Waals surface area contributed by atoms with Crippen LogP contribution in [0.5, 0.6) is 0 Å². The van der Waals surface area contributed by atoms with Crippen LogP contribution >= 0.6 is 0 Å². The molecule has 0 radical (unpaired) electrons. The van der Waals surface area contributed by atoms with Gasteiger partial charge in [0.2, 0.25) is 5.91 Å². The molecule has 184 valence electrons. The predicted octanol–water partition coefficient (Wildman–Crippen LogP) is 3.44. The number of carbonyl (C=O) groups is 2. The van der Waals surface area contributed by atoms with Gasteiger partial charge in [0, 0.05) is 37.3 Å². The zero-order chi connectivity index (χ0) is 25.0. The fourth-order valence-corrected chi connectivity index (χ4v) is 5.53. The topological polar surface area (TPSA) is 116 Å². The van der Waals surface area contributed by atoms with Gasteiger partial charge in [0.15, 0.2) is 0 Å². The lowest BCUT2D eigenvalue weighted by molar-refractivity contribution is -0.138. The van der Waals surface area contributed by atoms with Gasteiger partial charge in [0.05, 0.1) is 11.3 Å². The van der Waals surface area contributed by atoms with E-state index in [9.17, 15) is 18.0 Å². The first-order valence-corrected chi connectivity index (χ1v) is 13.1. The number of anilines is 1. The number of carboxylic acids is 1. The van der Waals surface area contributed by atoms with Crippen LogP contribution in [0.4, 0.5) is 5.69 Å². The van der Waals surface area contributed by atoms with E-state index in [1.807, 2.05) is 10.8 Å². The van der Waals surface area contributed by atoms with Crippen LogP contribution in [0.2, 0.25) is 0 Å². The van der Waals surface area contributed by atoms with Crippen molar-refractivity contribution in [1.29, 1.82) is 0 Å². The molecule has 0 spiro atoms. The van der Waals surface area contributed by atoms with Crippen molar-refractivity contribution in [1.82, 2.24) is 10.0 Å². The number of carboxylic acid groups (broad SMARTS) is 1. The molecule has 1 saturated heterocycles. The highest BCUT2D eigenvalue weighted by Gasteiger charge is 2.25. The van der Waals surface area contributed by atoms with Crippen LogP contribution in [0.15, 0.2) is 71.6 Å². The van der Waals surface area contributed by atoms with Crippen LogP contribution in [0, 0.1) is 0 Å². The molecule has 1 amide bonds. The van der Waals surface area contributed by atoms with Crippen LogP contribution in [0.25, 0.3) is 10.8 Å². The molecule has 1 aliphatic heterocycles. The van der Waals surface area contributed by atoms with Crippen molar-refractivity contribution in [3.8, 4) is 0 Å². The van der Waals surface area contributed by atoms with E-state index >= 15 is 0 Å². The lowest BCUT2D eigenvalue weighted by Crippen LogP contribution is -2.34. The molecule has 0 unspecified atom stereocenters. The number of carbonyl (C=O) groups excluding carboxylic acids is 1. The summed E-state index contributed by atoms with van der Waals surface area (Å²) in [7, 11) is -4.05. The van der Waals surface area contributed by atoms with E-state index in [0.717, 1.165) is 25.2 Å². The maximum absolute atomic E-state index is 12.4. The van der Waals surface area contributed by atoms with Crippen LogP contribution in [0.1, 0.15) is 37.8 Å². The summed E-state index contributed by atoms with van der Waals surface area (Å²) in [4.78, 5) is 24.5. The highest BCUT2D eigenvalue weighted by molar-refractivity contribution is 7.90. The van der Waals surface area contributed by atoms with Crippen LogP contribution in [-0.2, 0) is 19.6 Å². The Hall–Kier alpha value is -3.43. The Morgan fingerprint density at radius 3 is 2.49 bits per heavy atom. The van der Waals surface area contributed by atoms with Gasteiger partial charge in [-0.3, -0.25) is 9.59 Å². The Balaban J connectivity index is 1.36. The molecule has 3 N–H and O–H groups in total. The second-order valence-corrected chi connectivity index (χ2v) is 10.5. The Kier molecular flexibility index (Phi) is 7.37. The number of hydrogen-bond donors (Lipinski definition) is 3. The fourth-order valence-electron chi connectivity index (χ4n) is 4.52. The number of fused-ring (bicyclic) bond motifs is 1. The number of amides is 1. The Bertz CT molecular complexity index is 1320. The number of rotatable bonds is 9. The van der Waals surface area contributed by atoms with Crippen LogP contribution in [-0.4, -0.2) is 44.5 Å². The van der Waals surface area contributed by atoms with Crippen molar-refractivity contribution < 1.29 is 23.1 Å². The lowest BCUT2D eigenvalue weighted by atomic mass is 9.99. The van der Waals surface area contributed by atoms with E-state index < -0.39 is 34.7 Å². The standard InChI is InChI=1S/C26H29N3O5S/c1-18(23-8-4-6-19-5-2-3-7-24(19)23)27-20-15-16-29(17-20)21-9-11-22(12-10-21)35(33,34)28-25(30)13-14-26(31)32/h2-12,18,20,27H,13-17H2,1H3,(H,28,30)(H,31,32)/t18-,20+/m1/s1. The third kappa shape index (κ3) is 5.98. The molecule has 1 fully saturated rings. The first-order chi connectivity index (χ1) is 16.7. The quantitative estimate of drug-likeness (QED) is 0.416. The first-order valence-electron chi connectivity index (χ1n) is 11.6. The van der Waals surface area contributed by atoms with E-state index in [-0.39, 0.29) is 10.9 Å². The minimum atomic E-state index is -4.05. The minimum absolute atomic E-state index is 0.0385. The van der Waals surface area contributed by atoms with Crippen molar-refractivity contribution in [3.05, 3.63) is 72.3 Å². The largest absolute Gasteiger partial charge is 0.481 e. The molecule has 0 saturated carbocycles. The van der Waals surface area contributed by atoms with E-state index in [1.54, 1.807) is 12.1 Å².